The Bertz CT molecular complexity index is 1150. The lowest BCUT2D eigenvalue weighted by molar-refractivity contribution is -0.137. The summed E-state index contributed by atoms with van der Waals surface area (Å²) in [5.74, 6) is -0.696. The zero-order chi connectivity index (χ0) is 22.8. The van der Waals surface area contributed by atoms with Gasteiger partial charge in [-0.15, -0.1) is 0 Å². The van der Waals surface area contributed by atoms with Crippen molar-refractivity contribution in [2.75, 3.05) is 0 Å². The predicted octanol–water partition coefficient (Wildman–Crippen LogP) is 4.61. The van der Waals surface area contributed by atoms with Gasteiger partial charge >= 0.3 is 6.18 Å². The summed E-state index contributed by atoms with van der Waals surface area (Å²) in [6.45, 7) is 5.35. The highest BCUT2D eigenvalue weighted by Crippen LogP contribution is 2.30. The lowest BCUT2D eigenvalue weighted by Crippen LogP contribution is -2.33. The van der Waals surface area contributed by atoms with E-state index in [1.54, 1.807) is 6.92 Å². The topological polar surface area (TPSA) is 64.0 Å². The molecule has 8 heteroatoms. The van der Waals surface area contributed by atoms with Crippen LogP contribution in [0.5, 0.6) is 0 Å². The number of aromatic nitrogens is 2. The molecule has 0 radical (unpaired) electrons. The molecule has 0 aliphatic carbocycles. The van der Waals surface area contributed by atoms with E-state index < -0.39 is 23.1 Å². The van der Waals surface area contributed by atoms with Crippen molar-refractivity contribution >= 4 is 5.91 Å². The zero-order valence-electron chi connectivity index (χ0n) is 17.3. The molecular formula is C23H22F3N3O2. The Labute approximate surface area is 177 Å². The molecule has 3 rings (SSSR count). The molecule has 0 fully saturated rings. The van der Waals surface area contributed by atoms with Gasteiger partial charge in [-0.05, 0) is 49.6 Å². The van der Waals surface area contributed by atoms with E-state index in [1.807, 2.05) is 31.2 Å². The monoisotopic (exact) mass is 429 g/mol. The number of aryl methyl sites for hydroxylation is 2. The number of carbonyl (C=O) groups is 1. The number of hydrogen-bond donors (Lipinski definition) is 1. The van der Waals surface area contributed by atoms with E-state index in [-0.39, 0.29) is 17.4 Å². The normalized spacial score (nSPS) is 12.5. The summed E-state index contributed by atoms with van der Waals surface area (Å²) < 4.78 is 40.4. The fourth-order valence-corrected chi connectivity index (χ4v) is 3.17. The van der Waals surface area contributed by atoms with Crippen LogP contribution in [0.1, 0.15) is 52.8 Å². The summed E-state index contributed by atoms with van der Waals surface area (Å²) in [5, 5.41) is 6.79. The van der Waals surface area contributed by atoms with Crippen LogP contribution in [-0.2, 0) is 12.6 Å². The number of nitrogens with zero attached hydrogens (tertiary/aromatic N) is 2. The summed E-state index contributed by atoms with van der Waals surface area (Å²) in [6, 6.07) is 13.1. The fraction of sp³-hybridized carbons (Fsp3) is 0.261. The standard InChI is InChI=1S/C23H22F3N3O2/c1-4-16-8-10-17(11-9-16)15(3)27-22(31)21-20(30)12-14(2)29(28-21)19-7-5-6-18(13-19)23(24,25)26/h5-13,15H,4H2,1-3H3,(H,27,31). The van der Waals surface area contributed by atoms with Crippen molar-refractivity contribution in [3.8, 4) is 5.69 Å². The zero-order valence-corrected chi connectivity index (χ0v) is 17.3. The van der Waals surface area contributed by atoms with Gasteiger partial charge in [0.05, 0.1) is 17.3 Å². The van der Waals surface area contributed by atoms with Crippen LogP contribution >= 0.6 is 0 Å². The number of nitrogens with one attached hydrogen (secondary N) is 1. The largest absolute Gasteiger partial charge is 0.416 e. The summed E-state index contributed by atoms with van der Waals surface area (Å²) in [7, 11) is 0. The smallest absolute Gasteiger partial charge is 0.344 e. The first kappa shape index (κ1) is 22.3. The molecule has 0 bridgehead atoms. The van der Waals surface area contributed by atoms with E-state index in [1.165, 1.54) is 25.1 Å². The predicted molar refractivity (Wildman–Crippen MR) is 111 cm³/mol. The maximum absolute atomic E-state index is 13.1. The number of alkyl halides is 3. The van der Waals surface area contributed by atoms with Crippen molar-refractivity contribution < 1.29 is 18.0 Å². The van der Waals surface area contributed by atoms with Crippen LogP contribution in [-0.4, -0.2) is 15.7 Å². The van der Waals surface area contributed by atoms with Crippen molar-refractivity contribution in [2.45, 2.75) is 39.4 Å². The quantitative estimate of drug-likeness (QED) is 0.644. The number of hydrogen-bond acceptors (Lipinski definition) is 3. The first-order valence-electron chi connectivity index (χ1n) is 9.78. The highest BCUT2D eigenvalue weighted by Gasteiger charge is 2.30. The van der Waals surface area contributed by atoms with Crippen molar-refractivity contribution in [2.24, 2.45) is 0 Å². The lowest BCUT2D eigenvalue weighted by Gasteiger charge is -2.16. The second-order valence-electron chi connectivity index (χ2n) is 7.25. The summed E-state index contributed by atoms with van der Waals surface area (Å²) in [4.78, 5) is 25.1. The molecule has 2 aromatic carbocycles. The number of amides is 1. The Morgan fingerprint density at radius 3 is 2.42 bits per heavy atom. The molecule has 5 nitrogen and oxygen atoms in total. The summed E-state index contributed by atoms with van der Waals surface area (Å²) >= 11 is 0. The van der Waals surface area contributed by atoms with Crippen LogP contribution < -0.4 is 10.7 Å². The van der Waals surface area contributed by atoms with Gasteiger partial charge in [-0.3, -0.25) is 9.59 Å². The van der Waals surface area contributed by atoms with Crippen LogP contribution in [0.25, 0.3) is 5.69 Å². The highest BCUT2D eigenvalue weighted by molar-refractivity contribution is 5.92. The minimum absolute atomic E-state index is 0.101. The van der Waals surface area contributed by atoms with Gasteiger partial charge in [-0.2, -0.15) is 18.3 Å². The van der Waals surface area contributed by atoms with Crippen molar-refractivity contribution in [3.05, 3.63) is 92.9 Å². The molecule has 3 aromatic rings. The molecule has 0 aliphatic rings. The van der Waals surface area contributed by atoms with E-state index in [0.29, 0.717) is 5.69 Å². The van der Waals surface area contributed by atoms with Crippen molar-refractivity contribution in [3.63, 3.8) is 0 Å². The molecule has 1 N–H and O–H groups in total. The average Bonchev–Trinajstić information content (AvgIpc) is 2.73. The van der Waals surface area contributed by atoms with Gasteiger partial charge in [0.2, 0.25) is 5.43 Å². The van der Waals surface area contributed by atoms with Crippen LogP contribution in [0.3, 0.4) is 0 Å². The van der Waals surface area contributed by atoms with Gasteiger partial charge in [0.15, 0.2) is 5.69 Å². The van der Waals surface area contributed by atoms with Crippen molar-refractivity contribution in [1.82, 2.24) is 15.1 Å². The van der Waals surface area contributed by atoms with Gasteiger partial charge in [0.25, 0.3) is 5.91 Å². The third-order valence-electron chi connectivity index (χ3n) is 4.98. The third kappa shape index (κ3) is 5.02. The maximum atomic E-state index is 13.1. The van der Waals surface area contributed by atoms with Crippen molar-refractivity contribution in [1.29, 1.82) is 0 Å². The minimum atomic E-state index is -4.52. The molecule has 0 aliphatic heterocycles. The molecule has 0 saturated heterocycles. The lowest BCUT2D eigenvalue weighted by atomic mass is 10.0. The second-order valence-corrected chi connectivity index (χ2v) is 7.25. The van der Waals surface area contributed by atoms with Crippen LogP contribution in [0, 0.1) is 6.92 Å². The minimum Gasteiger partial charge on any atom is -0.344 e. The Kier molecular flexibility index (Phi) is 6.29. The van der Waals surface area contributed by atoms with E-state index in [2.05, 4.69) is 10.4 Å². The Hall–Kier alpha value is -3.42. The molecular weight excluding hydrogens is 407 g/mol. The molecule has 0 saturated carbocycles. The molecule has 31 heavy (non-hydrogen) atoms. The SMILES string of the molecule is CCc1ccc(C(C)NC(=O)c2nn(-c3cccc(C(F)(F)F)c3)c(C)cc2=O)cc1. The first-order chi connectivity index (χ1) is 14.6. The van der Waals surface area contributed by atoms with Crippen LogP contribution in [0.2, 0.25) is 0 Å². The van der Waals surface area contributed by atoms with E-state index in [9.17, 15) is 22.8 Å². The molecule has 1 unspecified atom stereocenters. The number of halogens is 3. The average molecular weight is 429 g/mol. The van der Waals surface area contributed by atoms with Gasteiger partial charge in [-0.1, -0.05) is 37.3 Å². The fourth-order valence-electron chi connectivity index (χ4n) is 3.17. The highest BCUT2D eigenvalue weighted by atomic mass is 19.4. The summed E-state index contributed by atoms with van der Waals surface area (Å²) in [6.07, 6.45) is -3.63. The number of carbonyl (C=O) groups excluding carboxylic acids is 1. The molecule has 1 heterocycles. The number of rotatable bonds is 5. The Balaban J connectivity index is 1.91. The van der Waals surface area contributed by atoms with Gasteiger partial charge in [0, 0.05) is 11.8 Å². The van der Waals surface area contributed by atoms with Crippen LogP contribution in [0.4, 0.5) is 13.2 Å². The van der Waals surface area contributed by atoms with E-state index >= 15 is 0 Å². The summed E-state index contributed by atoms with van der Waals surface area (Å²) in [5.41, 5.74) is 0.586. The van der Waals surface area contributed by atoms with Crippen LogP contribution in [0.15, 0.2) is 59.4 Å². The van der Waals surface area contributed by atoms with Gasteiger partial charge < -0.3 is 5.32 Å². The molecule has 1 amide bonds. The molecule has 1 aromatic heterocycles. The molecule has 162 valence electrons. The first-order valence-corrected chi connectivity index (χ1v) is 9.78. The maximum Gasteiger partial charge on any atom is 0.416 e. The van der Waals surface area contributed by atoms with E-state index in [0.717, 1.165) is 34.4 Å². The Morgan fingerprint density at radius 2 is 1.81 bits per heavy atom. The second kappa shape index (κ2) is 8.75. The third-order valence-corrected chi connectivity index (χ3v) is 4.98. The van der Waals surface area contributed by atoms with E-state index in [4.69, 9.17) is 0 Å². The molecule has 1 atom stereocenters. The van der Waals surface area contributed by atoms with Gasteiger partial charge in [0.1, 0.15) is 0 Å². The Morgan fingerprint density at radius 1 is 1.13 bits per heavy atom. The van der Waals surface area contributed by atoms with Gasteiger partial charge in [-0.25, -0.2) is 4.68 Å². The number of benzene rings is 2. The molecule has 0 spiro atoms.